The second kappa shape index (κ2) is 10.0. The highest BCUT2D eigenvalue weighted by Gasteiger charge is 2.10. The van der Waals surface area contributed by atoms with Crippen LogP contribution in [0.2, 0.25) is 0 Å². The molecule has 21 heavy (non-hydrogen) atoms. The maximum atomic E-state index is 11.6. The van der Waals surface area contributed by atoms with Gasteiger partial charge in [0.25, 0.3) is 0 Å². The number of carbonyl (C=O) groups is 2. The molecule has 0 fully saturated rings. The van der Waals surface area contributed by atoms with Crippen LogP contribution in [0.25, 0.3) is 0 Å². The van der Waals surface area contributed by atoms with Gasteiger partial charge in [-0.1, -0.05) is 41.8 Å². The molecule has 2 amide bonds. The van der Waals surface area contributed by atoms with E-state index in [1.54, 1.807) is 11.8 Å². The molecule has 0 aromatic carbocycles. The number of amides is 2. The third kappa shape index (κ3) is 8.27. The fourth-order valence-electron chi connectivity index (χ4n) is 1.23. The number of rotatable bonds is 9. The summed E-state index contributed by atoms with van der Waals surface area (Å²) in [5.41, 5.74) is 0. The Morgan fingerprint density at radius 2 is 1.86 bits per heavy atom. The molecule has 0 saturated heterocycles. The van der Waals surface area contributed by atoms with E-state index in [-0.39, 0.29) is 30.2 Å². The first-order chi connectivity index (χ1) is 10.0. The summed E-state index contributed by atoms with van der Waals surface area (Å²) in [6.45, 7) is 5.87. The summed E-state index contributed by atoms with van der Waals surface area (Å²) in [5.74, 6) is 0.890. The molecule has 0 aliphatic carbocycles. The van der Waals surface area contributed by atoms with E-state index in [2.05, 4.69) is 27.8 Å². The normalized spacial score (nSPS) is 10.7. The van der Waals surface area contributed by atoms with E-state index in [4.69, 9.17) is 0 Å². The number of nitrogens with one attached hydrogen (secondary N) is 2. The van der Waals surface area contributed by atoms with Crippen LogP contribution in [0.15, 0.2) is 8.68 Å². The van der Waals surface area contributed by atoms with E-state index in [0.717, 1.165) is 20.9 Å². The zero-order chi connectivity index (χ0) is 15.7. The molecular formula is C12H20N4O2S3. The van der Waals surface area contributed by atoms with Crippen LogP contribution >= 0.6 is 34.9 Å². The Hall–Kier alpha value is -0.800. The van der Waals surface area contributed by atoms with Gasteiger partial charge in [0.1, 0.15) is 0 Å². The van der Waals surface area contributed by atoms with Gasteiger partial charge in [-0.2, -0.15) is 0 Å². The molecule has 0 spiro atoms. The molecule has 9 heteroatoms. The average molecular weight is 349 g/mol. The van der Waals surface area contributed by atoms with E-state index < -0.39 is 0 Å². The van der Waals surface area contributed by atoms with Crippen LogP contribution in [0.3, 0.4) is 0 Å². The van der Waals surface area contributed by atoms with Crippen LogP contribution in [-0.2, 0) is 9.59 Å². The van der Waals surface area contributed by atoms with Gasteiger partial charge in [0, 0.05) is 11.8 Å². The van der Waals surface area contributed by atoms with Gasteiger partial charge in [-0.3, -0.25) is 9.59 Å². The lowest BCUT2D eigenvalue weighted by atomic mass is 10.4. The first-order valence-corrected chi connectivity index (χ1v) is 9.45. The van der Waals surface area contributed by atoms with Gasteiger partial charge in [-0.15, -0.1) is 10.2 Å². The predicted molar refractivity (Wildman–Crippen MR) is 87.9 cm³/mol. The number of carbonyl (C=O) groups excluding carboxylic acids is 2. The van der Waals surface area contributed by atoms with E-state index in [1.807, 2.05) is 13.8 Å². The van der Waals surface area contributed by atoms with Crippen molar-refractivity contribution in [3.8, 4) is 0 Å². The molecule has 0 atom stereocenters. The lowest BCUT2D eigenvalue weighted by molar-refractivity contribution is -0.125. The highest BCUT2D eigenvalue weighted by Crippen LogP contribution is 2.28. The van der Waals surface area contributed by atoms with Gasteiger partial charge in [0.05, 0.1) is 12.3 Å². The number of aromatic nitrogens is 2. The van der Waals surface area contributed by atoms with Crippen molar-refractivity contribution in [2.24, 2.45) is 0 Å². The molecule has 1 aromatic heterocycles. The zero-order valence-electron chi connectivity index (χ0n) is 12.3. The topological polar surface area (TPSA) is 84.0 Å². The smallest absolute Gasteiger partial charge is 0.239 e. The van der Waals surface area contributed by atoms with E-state index >= 15 is 0 Å². The number of nitrogens with zero attached hydrogens (tertiary/aromatic N) is 2. The molecule has 6 nitrogen and oxygen atoms in total. The predicted octanol–water partition coefficient (Wildman–Crippen LogP) is 1.77. The van der Waals surface area contributed by atoms with Crippen LogP contribution in [0, 0.1) is 0 Å². The van der Waals surface area contributed by atoms with Gasteiger partial charge >= 0.3 is 0 Å². The monoisotopic (exact) mass is 348 g/mol. The molecule has 0 aliphatic heterocycles. The van der Waals surface area contributed by atoms with Crippen LogP contribution in [0.4, 0.5) is 0 Å². The standard InChI is InChI=1S/C12H20N4O2S3/c1-4-5-19-11-15-16-12(21-11)20-7-10(18)13-6-9(17)14-8(2)3/h8H,4-7H2,1-3H3,(H,13,18)(H,14,17). The molecule has 2 N–H and O–H groups in total. The van der Waals surface area contributed by atoms with Crippen molar-refractivity contribution in [3.63, 3.8) is 0 Å². The molecule has 0 saturated carbocycles. The Morgan fingerprint density at radius 1 is 1.19 bits per heavy atom. The van der Waals surface area contributed by atoms with Crippen molar-refractivity contribution in [2.45, 2.75) is 41.9 Å². The molecule has 0 unspecified atom stereocenters. The summed E-state index contributed by atoms with van der Waals surface area (Å²) in [5, 5.41) is 13.4. The third-order valence-corrected chi connectivity index (χ3v) is 5.44. The van der Waals surface area contributed by atoms with Crippen LogP contribution < -0.4 is 10.6 Å². The lowest BCUT2D eigenvalue weighted by Gasteiger charge is -2.08. The molecule has 1 rings (SSSR count). The molecule has 1 heterocycles. The first-order valence-electron chi connectivity index (χ1n) is 6.66. The summed E-state index contributed by atoms with van der Waals surface area (Å²) < 4.78 is 1.70. The maximum absolute atomic E-state index is 11.6. The fraction of sp³-hybridized carbons (Fsp3) is 0.667. The van der Waals surface area contributed by atoms with Gasteiger partial charge in [-0.05, 0) is 20.3 Å². The van der Waals surface area contributed by atoms with Gasteiger partial charge < -0.3 is 10.6 Å². The van der Waals surface area contributed by atoms with Crippen molar-refractivity contribution >= 4 is 46.7 Å². The van der Waals surface area contributed by atoms with Crippen molar-refractivity contribution < 1.29 is 9.59 Å². The van der Waals surface area contributed by atoms with Crippen LogP contribution in [0.1, 0.15) is 27.2 Å². The van der Waals surface area contributed by atoms with Crippen molar-refractivity contribution in [1.29, 1.82) is 0 Å². The SMILES string of the molecule is CCCSc1nnc(SCC(=O)NCC(=O)NC(C)C)s1. The Bertz CT molecular complexity index is 465. The highest BCUT2D eigenvalue weighted by atomic mass is 32.2. The summed E-state index contributed by atoms with van der Waals surface area (Å²) in [7, 11) is 0. The first kappa shape index (κ1) is 18.2. The minimum absolute atomic E-state index is 0.00525. The minimum Gasteiger partial charge on any atom is -0.352 e. The molecule has 118 valence electrons. The Kier molecular flexibility index (Phi) is 8.70. The molecule has 0 radical (unpaired) electrons. The van der Waals surface area contributed by atoms with E-state index in [1.165, 1.54) is 23.1 Å². The Morgan fingerprint density at radius 3 is 2.48 bits per heavy atom. The molecule has 0 aliphatic rings. The van der Waals surface area contributed by atoms with Crippen molar-refractivity contribution in [1.82, 2.24) is 20.8 Å². The van der Waals surface area contributed by atoms with Crippen LogP contribution in [0.5, 0.6) is 0 Å². The molecule has 0 bridgehead atoms. The van der Waals surface area contributed by atoms with E-state index in [9.17, 15) is 9.59 Å². The Balaban J connectivity index is 2.23. The maximum Gasteiger partial charge on any atom is 0.239 e. The Labute approximate surface area is 137 Å². The molecular weight excluding hydrogens is 328 g/mol. The zero-order valence-corrected chi connectivity index (χ0v) is 14.8. The van der Waals surface area contributed by atoms with Gasteiger partial charge in [0.2, 0.25) is 11.8 Å². The van der Waals surface area contributed by atoms with Gasteiger partial charge in [0.15, 0.2) is 8.68 Å². The summed E-state index contributed by atoms with van der Waals surface area (Å²) >= 11 is 4.50. The minimum atomic E-state index is -0.183. The van der Waals surface area contributed by atoms with Crippen molar-refractivity contribution in [3.05, 3.63) is 0 Å². The number of thioether (sulfide) groups is 2. The summed E-state index contributed by atoms with van der Waals surface area (Å²) in [6.07, 6.45) is 1.09. The third-order valence-electron chi connectivity index (χ3n) is 2.04. The highest BCUT2D eigenvalue weighted by molar-refractivity contribution is 8.03. The van der Waals surface area contributed by atoms with Crippen LogP contribution in [-0.4, -0.2) is 46.1 Å². The van der Waals surface area contributed by atoms with Gasteiger partial charge in [-0.25, -0.2) is 0 Å². The number of hydrogen-bond acceptors (Lipinski definition) is 7. The second-order valence-corrected chi connectivity index (χ2v) is 8.01. The van der Waals surface area contributed by atoms with Crippen molar-refractivity contribution in [2.75, 3.05) is 18.1 Å². The lowest BCUT2D eigenvalue weighted by Crippen LogP contribution is -2.40. The summed E-state index contributed by atoms with van der Waals surface area (Å²) in [4.78, 5) is 23.0. The average Bonchev–Trinajstić information content (AvgIpc) is 2.88. The number of hydrogen-bond donors (Lipinski definition) is 2. The molecule has 1 aromatic rings. The summed E-state index contributed by atoms with van der Waals surface area (Å²) in [6, 6.07) is 0.0733. The largest absolute Gasteiger partial charge is 0.352 e. The van der Waals surface area contributed by atoms with E-state index in [0.29, 0.717) is 0 Å². The quantitative estimate of drug-likeness (QED) is 0.662. The fourth-order valence-corrected chi connectivity index (χ4v) is 4.01. The second-order valence-electron chi connectivity index (χ2n) is 4.47.